The predicted octanol–water partition coefficient (Wildman–Crippen LogP) is 14.8. The monoisotopic (exact) mass is 2180 g/mol. The van der Waals surface area contributed by atoms with Gasteiger partial charge in [0.1, 0.15) is 47.7 Å². The average Bonchev–Trinajstić information content (AvgIpc) is 1.60. The Kier molecular flexibility index (Phi) is 31.0. The van der Waals surface area contributed by atoms with Gasteiger partial charge in [0.25, 0.3) is 23.6 Å². The van der Waals surface area contributed by atoms with E-state index in [0.29, 0.717) is 51.6 Å². The number of aromatic nitrogens is 8. The second kappa shape index (κ2) is 42.1. The molecular formula is C85H93F8N15O28P4S4. The molecule has 8 fully saturated rings. The molecule has 4 aromatic heterocycles. The summed E-state index contributed by atoms with van der Waals surface area (Å²) >= 11 is 6.64. The van der Waals surface area contributed by atoms with Crippen LogP contribution in [0.2, 0.25) is 0 Å². The largest absolute Gasteiger partial charge is 0.475 e. The maximum absolute atomic E-state index is 15.2. The first-order valence-corrected chi connectivity index (χ1v) is 54.2. The van der Waals surface area contributed by atoms with E-state index in [-0.39, 0.29) is 29.3 Å². The van der Waals surface area contributed by atoms with E-state index in [4.69, 9.17) is 73.2 Å². The number of carbonyl (C=O) groups excluding carboxylic acids is 4. The molecule has 8 saturated heterocycles. The molecule has 59 heteroatoms. The van der Waals surface area contributed by atoms with Gasteiger partial charge in [0, 0.05) is 113 Å². The number of ether oxygens (including phenoxy) is 4. The van der Waals surface area contributed by atoms with E-state index in [1.165, 1.54) is 24.3 Å². The van der Waals surface area contributed by atoms with Gasteiger partial charge in [0.2, 0.25) is 24.9 Å². The number of nitrogens with zero attached hydrogens (tertiary/aromatic N) is 8. The fourth-order valence-electron chi connectivity index (χ4n) is 16.3. The molecule has 4 aromatic carbocycles. The van der Waals surface area contributed by atoms with Crippen LogP contribution in [0.1, 0.15) is 141 Å². The van der Waals surface area contributed by atoms with Gasteiger partial charge in [0.15, 0.2) is 24.4 Å². The topological polar surface area (TPSA) is 508 Å². The maximum Gasteiger partial charge on any atom is 0.475 e. The third-order valence-corrected chi connectivity index (χ3v) is 33.6. The van der Waals surface area contributed by atoms with Crippen molar-refractivity contribution in [1.82, 2.24) is 38.2 Å². The van der Waals surface area contributed by atoms with Gasteiger partial charge >= 0.3 is 77.7 Å². The number of hydrogen-bond acceptors (Lipinski definition) is 39. The second-order valence-electron chi connectivity index (χ2n) is 35.0. The van der Waals surface area contributed by atoms with Crippen LogP contribution in [0.4, 0.5) is 75.5 Å². The number of rotatable bonds is 20. The molecule has 7 N–H and O–H groups in total. The summed E-state index contributed by atoms with van der Waals surface area (Å²) in [5.74, 6) is -14.9. The van der Waals surface area contributed by atoms with Gasteiger partial charge in [0.05, 0.1) is 56.7 Å². The van der Waals surface area contributed by atoms with E-state index in [2.05, 4.69) is 64.1 Å². The highest BCUT2D eigenvalue weighted by atomic mass is 32.2. The molecule has 4 amide bonds. The molecule has 12 aliphatic rings. The van der Waals surface area contributed by atoms with Gasteiger partial charge in [-0.2, -0.15) is 55.1 Å². The van der Waals surface area contributed by atoms with E-state index < -0.39 is 226 Å². The minimum absolute atomic E-state index is 0.0994. The van der Waals surface area contributed by atoms with Crippen molar-refractivity contribution in [2.45, 2.75) is 228 Å². The lowest BCUT2D eigenvalue weighted by Gasteiger charge is -2.32. The van der Waals surface area contributed by atoms with Crippen LogP contribution in [0.25, 0.3) is 0 Å². The Morgan fingerprint density at radius 1 is 0.410 bits per heavy atom. The van der Waals surface area contributed by atoms with Crippen LogP contribution in [0.15, 0.2) is 161 Å². The number of fused-ring (bicyclic) bond motifs is 8. The minimum atomic E-state index is -4.23. The van der Waals surface area contributed by atoms with Gasteiger partial charge in [-0.05, 0) is 171 Å². The summed E-state index contributed by atoms with van der Waals surface area (Å²) in [6.45, 7) is 15.5. The number of hydrogen-bond donors (Lipinski definition) is 7. The number of thioether (sulfide) groups is 4. The summed E-state index contributed by atoms with van der Waals surface area (Å²) in [5.41, 5.74) is 0.771. The van der Waals surface area contributed by atoms with E-state index >= 15 is 35.1 Å². The van der Waals surface area contributed by atoms with Gasteiger partial charge < -0.3 is 56.2 Å². The molecule has 16 heterocycles. The smallest absolute Gasteiger partial charge is 0.383 e. The predicted molar refractivity (Wildman–Crippen MR) is 502 cm³/mol. The third kappa shape index (κ3) is 23.0. The number of carbonyl (C=O) groups is 4. The Bertz CT molecular complexity index is 6770. The van der Waals surface area contributed by atoms with Crippen molar-refractivity contribution in [2.75, 3.05) is 87.6 Å². The molecule has 18 atom stereocenters. The Morgan fingerprint density at radius 2 is 0.736 bits per heavy atom. The number of nitrogens with one attached hydrogen (secondary N) is 7. The van der Waals surface area contributed by atoms with Crippen LogP contribution in [0.3, 0.4) is 0 Å². The number of amides is 4. The van der Waals surface area contributed by atoms with Crippen molar-refractivity contribution in [3.8, 4) is 0 Å². The first kappa shape index (κ1) is 106. The Morgan fingerprint density at radius 3 is 1.09 bits per heavy atom. The average molecular weight is 2180 g/mol. The molecule has 0 radical (unpaired) electrons. The van der Waals surface area contributed by atoms with Gasteiger partial charge in [-0.3, -0.25) is 91.7 Å². The van der Waals surface area contributed by atoms with E-state index in [1.54, 1.807) is 157 Å². The maximum atomic E-state index is 15.2. The lowest BCUT2D eigenvalue weighted by Crippen LogP contribution is -2.45. The summed E-state index contributed by atoms with van der Waals surface area (Å²) in [6.07, 6.45) is -18.7. The summed E-state index contributed by atoms with van der Waals surface area (Å²) in [7, 11) is -16.9. The number of phosphoric ester groups is 4. The van der Waals surface area contributed by atoms with Crippen molar-refractivity contribution < 1.29 is 146 Å². The molecule has 0 spiro atoms. The molecule has 20 rings (SSSR count). The van der Waals surface area contributed by atoms with E-state index in [9.17, 15) is 56.6 Å². The molecule has 12 aliphatic heterocycles. The van der Waals surface area contributed by atoms with Crippen molar-refractivity contribution in [2.24, 2.45) is 0 Å². The Hall–Kier alpha value is -9.20. The molecule has 144 heavy (non-hydrogen) atoms. The zero-order valence-electron chi connectivity index (χ0n) is 77.3. The van der Waals surface area contributed by atoms with Gasteiger partial charge in [-0.1, -0.05) is 6.92 Å². The van der Waals surface area contributed by atoms with Crippen LogP contribution in [0, 0.1) is 0 Å². The third-order valence-electron chi connectivity index (χ3n) is 22.6. The minimum Gasteiger partial charge on any atom is -0.383 e. The Labute approximate surface area is 829 Å². The number of anilines is 7. The molecule has 8 aromatic rings. The number of halogens is 8. The highest BCUT2D eigenvalue weighted by molar-refractivity contribution is 8.00. The normalized spacial score (nSPS) is 29.7. The number of benzene rings is 4. The second-order valence-corrected chi connectivity index (χ2v) is 46.0. The van der Waals surface area contributed by atoms with Crippen molar-refractivity contribution >= 4 is 142 Å². The molecule has 776 valence electrons. The van der Waals surface area contributed by atoms with Crippen LogP contribution in [0.5, 0.6) is 0 Å². The Balaban J connectivity index is 0.000000132. The number of alkyl halides is 8. The lowest BCUT2D eigenvalue weighted by atomic mass is 10.1. The van der Waals surface area contributed by atoms with E-state index in [0.717, 1.165) is 91.5 Å². The van der Waals surface area contributed by atoms with Gasteiger partial charge in [-0.25, -0.2) is 37.4 Å². The van der Waals surface area contributed by atoms with Crippen LogP contribution >= 0.6 is 78.3 Å². The van der Waals surface area contributed by atoms with Crippen LogP contribution < -0.4 is 60.0 Å². The van der Waals surface area contributed by atoms with E-state index in [1.807, 2.05) is 25.1 Å². The molecule has 10 unspecified atom stereocenters. The summed E-state index contributed by atoms with van der Waals surface area (Å²) < 4.78 is 256. The first-order chi connectivity index (χ1) is 68.0. The lowest BCUT2D eigenvalue weighted by molar-refractivity contribution is -0.139. The molecule has 0 bridgehead atoms. The fourth-order valence-corrected chi connectivity index (χ4v) is 26.5. The summed E-state index contributed by atoms with van der Waals surface area (Å²) in [5, 5.41) is 20.1. The van der Waals surface area contributed by atoms with Crippen molar-refractivity contribution in [3.63, 3.8) is 0 Å². The molecule has 43 nitrogen and oxygen atoms in total. The zero-order chi connectivity index (χ0) is 103. The standard InChI is InChI=1S/C22H25F2N4O7PS.C22H24F2N3O7PS.C21H23F2N4O7PS.C20H21F2N4O7PS/c1-11(2)34-36(31)32-9-15-18(35-36)22(23,24)20(33-15)28-7-6-17(27-21(28)30)26-19(29)13-4-5-16-14(8-13)25-12(3)10-37-16;1-11(2)33-35(30)31-10-15-18(34-35)22(23,24)20(32-15)27-7-6-17(26-21(27)29)25-19(28)13-4-5-16-14(9-13)8-12(3)36-16;1-11(2)33-35(30)31-10-14-17(34-35)21(22,23)19(32-14)27-7-5-16(26-20(27)29)25-18(28)12-3-4-15-13(9-12)24-6-8-36-15;1-10(2)32-34(29)30-8-13-16(33-34)20(21,22)18(31-13)26-6-5-15(25-19(26)28)24-17(27)11-3-4-12-14(7-11)35-9-23-12/h4-8,11-12,15,18,20,25H,9-10H2,1-3H3,(H,26,27,29,30);4-7,9,11-12,15,18,20H,8,10H2,1-3H3,(H,25,26,28,29);3-5,7,9,11,14,17,19,24H,6,8,10H2,1-2H3,(H,25,26,28,29);3-7,10,13,16,18,23H,8-9H2,1-2H3,(H,24,25,27,28)/t12?,15-,18-,20?,36?;12?,15-,18-,20?,35?;14-,17-,19?,35?;13-,16-,18?,34?/m1111/s1. The van der Waals surface area contributed by atoms with Crippen LogP contribution in [-0.2, 0) is 97.9 Å². The quantitative estimate of drug-likeness (QED) is 0.0275. The SMILES string of the molecule is CC(C)OP1(=O)OC[C@H]2OC(n3ccc(NC(=O)c4ccc5c(c4)CC(C)S5)nc3=O)C(F)(F)[C@@H]2O1.CC(C)OP1(=O)OC[C@H]2OC(n3ccc(NC(=O)c4ccc5c(c4)NCCS5)nc3=O)C(F)(F)[C@@H]2O1.CC(C)OP1(=O)OC[C@H]2OC(n3ccc(NC(=O)c4ccc5c(c4)SCN5)nc3=O)C(F)(F)[C@@H]2O1.CC1CSc2ccc(C(=O)Nc3ccn(C4O[C@@H]5COP(=O)(OC(C)C)O[C@H]5C4(F)F)c(=O)n3)cc2N1. The van der Waals surface area contributed by atoms with Crippen molar-refractivity contribution in [1.29, 1.82) is 0 Å². The van der Waals surface area contributed by atoms with Gasteiger partial charge in [-0.15, -0.1) is 47.0 Å². The highest BCUT2D eigenvalue weighted by Gasteiger charge is 2.70. The van der Waals surface area contributed by atoms with Crippen LogP contribution in [-0.4, -0.2) is 220 Å². The molecule has 0 aliphatic carbocycles. The zero-order valence-corrected chi connectivity index (χ0v) is 84.1. The highest BCUT2D eigenvalue weighted by Crippen LogP contribution is 2.65. The summed E-state index contributed by atoms with van der Waals surface area (Å²) in [6, 6.07) is 25.9. The summed E-state index contributed by atoms with van der Waals surface area (Å²) in [4.78, 5) is 120. The van der Waals surface area contributed by atoms with Crippen molar-refractivity contribution in [3.05, 3.63) is 192 Å². The fraction of sp³-hybridized carbons (Fsp3) is 0.482. The first-order valence-electron chi connectivity index (χ1n) is 44.6. The molecular weight excluding hydrogens is 2080 g/mol. The molecule has 0 saturated carbocycles. The number of phosphoric acid groups is 4.